The molecule has 0 aliphatic heterocycles. The van der Waals surface area contributed by atoms with Crippen molar-refractivity contribution in [3.63, 3.8) is 0 Å². The second kappa shape index (κ2) is 5.49. The Labute approximate surface area is 89.1 Å². The van der Waals surface area contributed by atoms with E-state index in [9.17, 15) is 9.18 Å². The molecule has 0 aromatic heterocycles. The Morgan fingerprint density at radius 2 is 2.00 bits per heavy atom. The van der Waals surface area contributed by atoms with Crippen LogP contribution in [0.4, 0.5) is 4.39 Å². The highest BCUT2D eigenvalue weighted by atomic mass is 19.1. The zero-order chi connectivity index (χ0) is 11.3. The Morgan fingerprint density at radius 3 is 2.53 bits per heavy atom. The van der Waals surface area contributed by atoms with Crippen molar-refractivity contribution in [3.8, 4) is 0 Å². The van der Waals surface area contributed by atoms with E-state index in [0.717, 1.165) is 6.42 Å². The van der Waals surface area contributed by atoms with Crippen molar-refractivity contribution in [1.82, 2.24) is 0 Å². The number of esters is 1. The first-order valence-corrected chi connectivity index (χ1v) is 5.06. The number of carbonyl (C=O) groups is 1. The van der Waals surface area contributed by atoms with Gasteiger partial charge in [0, 0.05) is 0 Å². The molecule has 15 heavy (non-hydrogen) atoms. The summed E-state index contributed by atoms with van der Waals surface area (Å²) in [7, 11) is 0. The predicted octanol–water partition coefficient (Wildman–Crippen LogP) is 3.03. The molecule has 0 amide bonds. The topological polar surface area (TPSA) is 26.3 Å². The molecule has 1 aromatic rings. The summed E-state index contributed by atoms with van der Waals surface area (Å²) in [5.41, 5.74) is 0.389. The van der Waals surface area contributed by atoms with Gasteiger partial charge in [0.25, 0.3) is 0 Å². The van der Waals surface area contributed by atoms with Crippen molar-refractivity contribution in [2.45, 2.75) is 20.3 Å². The molecule has 0 fully saturated rings. The van der Waals surface area contributed by atoms with Crippen LogP contribution in [-0.2, 0) is 4.74 Å². The average molecular weight is 210 g/mol. The van der Waals surface area contributed by atoms with Gasteiger partial charge in [-0.1, -0.05) is 20.3 Å². The molecule has 0 saturated carbocycles. The van der Waals surface area contributed by atoms with Crippen LogP contribution in [0, 0.1) is 11.7 Å². The first-order chi connectivity index (χ1) is 7.13. The third-order valence-electron chi connectivity index (χ3n) is 2.28. The van der Waals surface area contributed by atoms with Crippen LogP contribution in [0.1, 0.15) is 30.6 Å². The summed E-state index contributed by atoms with van der Waals surface area (Å²) in [6.07, 6.45) is 0.969. The number of carbonyl (C=O) groups excluding carboxylic acids is 1. The first kappa shape index (κ1) is 11.7. The minimum Gasteiger partial charge on any atom is -0.462 e. The van der Waals surface area contributed by atoms with E-state index in [4.69, 9.17) is 4.74 Å². The Kier molecular flexibility index (Phi) is 4.28. The van der Waals surface area contributed by atoms with Crippen molar-refractivity contribution in [2.75, 3.05) is 6.61 Å². The van der Waals surface area contributed by atoms with Crippen molar-refractivity contribution in [2.24, 2.45) is 5.92 Å². The van der Waals surface area contributed by atoms with E-state index in [1.165, 1.54) is 24.3 Å². The standard InChI is InChI=1S/C12H15FO2/c1-3-9(2)8-15-12(14)10-4-6-11(13)7-5-10/h4-7,9H,3,8H2,1-2H3/t9-/m0/s1. The lowest BCUT2D eigenvalue weighted by atomic mass is 10.1. The number of rotatable bonds is 4. The summed E-state index contributed by atoms with van der Waals surface area (Å²) in [5.74, 6) is -0.391. The molecule has 0 N–H and O–H groups in total. The van der Waals surface area contributed by atoms with Gasteiger partial charge in [-0.25, -0.2) is 9.18 Å². The molecule has 1 rings (SSSR count). The molecule has 0 aliphatic rings. The normalized spacial score (nSPS) is 12.2. The molecule has 1 aromatic carbocycles. The fourth-order valence-electron chi connectivity index (χ4n) is 1.01. The molecular formula is C12H15FO2. The third-order valence-corrected chi connectivity index (χ3v) is 2.28. The maximum absolute atomic E-state index is 12.6. The lowest BCUT2D eigenvalue weighted by Gasteiger charge is -2.09. The summed E-state index contributed by atoms with van der Waals surface area (Å²) >= 11 is 0. The number of hydrogen-bond acceptors (Lipinski definition) is 2. The van der Waals surface area contributed by atoms with E-state index >= 15 is 0 Å². The molecule has 0 spiro atoms. The smallest absolute Gasteiger partial charge is 0.338 e. The minimum absolute atomic E-state index is 0.353. The van der Waals surface area contributed by atoms with E-state index < -0.39 is 5.97 Å². The van der Waals surface area contributed by atoms with Gasteiger partial charge in [-0.2, -0.15) is 0 Å². The number of hydrogen-bond donors (Lipinski definition) is 0. The Hall–Kier alpha value is -1.38. The summed E-state index contributed by atoms with van der Waals surface area (Å²) in [6.45, 7) is 4.46. The highest BCUT2D eigenvalue weighted by Crippen LogP contribution is 2.07. The molecule has 0 heterocycles. The van der Waals surface area contributed by atoms with Crippen LogP contribution in [0.5, 0.6) is 0 Å². The van der Waals surface area contributed by atoms with E-state index in [1.54, 1.807) is 0 Å². The predicted molar refractivity (Wildman–Crippen MR) is 56.1 cm³/mol. The molecule has 0 radical (unpaired) electrons. The van der Waals surface area contributed by atoms with Crippen LogP contribution in [0.2, 0.25) is 0 Å². The summed E-state index contributed by atoms with van der Waals surface area (Å²) in [5, 5.41) is 0. The van der Waals surface area contributed by atoms with E-state index in [2.05, 4.69) is 0 Å². The number of benzene rings is 1. The fourth-order valence-corrected chi connectivity index (χ4v) is 1.01. The molecule has 0 aliphatic carbocycles. The Bertz CT molecular complexity index is 319. The lowest BCUT2D eigenvalue weighted by Crippen LogP contribution is -2.11. The molecular weight excluding hydrogens is 195 g/mol. The highest BCUT2D eigenvalue weighted by molar-refractivity contribution is 5.89. The van der Waals surface area contributed by atoms with Gasteiger partial charge in [0.2, 0.25) is 0 Å². The van der Waals surface area contributed by atoms with Crippen molar-refractivity contribution >= 4 is 5.97 Å². The minimum atomic E-state index is -0.393. The zero-order valence-corrected chi connectivity index (χ0v) is 9.00. The molecule has 1 atom stereocenters. The molecule has 0 bridgehead atoms. The maximum atomic E-state index is 12.6. The van der Waals surface area contributed by atoms with Gasteiger partial charge in [-0.05, 0) is 30.2 Å². The molecule has 3 heteroatoms. The molecule has 0 unspecified atom stereocenters. The summed E-state index contributed by atoms with van der Waals surface area (Å²) in [6, 6.07) is 5.35. The second-order valence-corrected chi connectivity index (χ2v) is 3.62. The van der Waals surface area contributed by atoms with E-state index in [-0.39, 0.29) is 5.82 Å². The van der Waals surface area contributed by atoms with Crippen LogP contribution >= 0.6 is 0 Å². The van der Waals surface area contributed by atoms with Crippen LogP contribution in [0.15, 0.2) is 24.3 Å². The quantitative estimate of drug-likeness (QED) is 0.714. The van der Waals surface area contributed by atoms with E-state index in [0.29, 0.717) is 18.1 Å². The Balaban J connectivity index is 2.50. The van der Waals surface area contributed by atoms with Gasteiger partial charge in [0.05, 0.1) is 12.2 Å². The van der Waals surface area contributed by atoms with Gasteiger partial charge < -0.3 is 4.74 Å². The summed E-state index contributed by atoms with van der Waals surface area (Å²) in [4.78, 5) is 11.4. The molecule has 2 nitrogen and oxygen atoms in total. The zero-order valence-electron chi connectivity index (χ0n) is 9.00. The molecule has 0 saturated heterocycles. The van der Waals surface area contributed by atoms with Gasteiger partial charge >= 0.3 is 5.97 Å². The van der Waals surface area contributed by atoms with Gasteiger partial charge in [-0.15, -0.1) is 0 Å². The van der Waals surface area contributed by atoms with Gasteiger partial charge in [-0.3, -0.25) is 0 Å². The van der Waals surface area contributed by atoms with Crippen LogP contribution in [0.25, 0.3) is 0 Å². The van der Waals surface area contributed by atoms with Crippen LogP contribution in [-0.4, -0.2) is 12.6 Å². The SMILES string of the molecule is CC[C@H](C)COC(=O)c1ccc(F)cc1. The maximum Gasteiger partial charge on any atom is 0.338 e. The molecule has 82 valence electrons. The number of halogens is 1. The van der Waals surface area contributed by atoms with Gasteiger partial charge in [0.1, 0.15) is 5.82 Å². The summed E-state index contributed by atoms with van der Waals surface area (Å²) < 4.78 is 17.6. The first-order valence-electron chi connectivity index (χ1n) is 5.06. The lowest BCUT2D eigenvalue weighted by molar-refractivity contribution is 0.0447. The van der Waals surface area contributed by atoms with Crippen molar-refractivity contribution in [1.29, 1.82) is 0 Å². The Morgan fingerprint density at radius 1 is 1.40 bits per heavy atom. The number of ether oxygens (including phenoxy) is 1. The van der Waals surface area contributed by atoms with Gasteiger partial charge in [0.15, 0.2) is 0 Å². The average Bonchev–Trinajstić information content (AvgIpc) is 2.26. The van der Waals surface area contributed by atoms with Crippen LogP contribution < -0.4 is 0 Å². The third kappa shape index (κ3) is 3.70. The van der Waals surface area contributed by atoms with Crippen LogP contribution in [0.3, 0.4) is 0 Å². The monoisotopic (exact) mass is 210 g/mol. The van der Waals surface area contributed by atoms with Crippen molar-refractivity contribution < 1.29 is 13.9 Å². The fraction of sp³-hybridized carbons (Fsp3) is 0.417. The second-order valence-electron chi connectivity index (χ2n) is 3.62. The largest absolute Gasteiger partial charge is 0.462 e. The van der Waals surface area contributed by atoms with E-state index in [1.807, 2.05) is 13.8 Å². The van der Waals surface area contributed by atoms with Crippen molar-refractivity contribution in [3.05, 3.63) is 35.6 Å². The highest BCUT2D eigenvalue weighted by Gasteiger charge is 2.08.